The van der Waals surface area contributed by atoms with Gasteiger partial charge >= 0.3 is 0 Å². The number of ether oxygens (including phenoxy) is 2. The highest BCUT2D eigenvalue weighted by molar-refractivity contribution is 7.92. The van der Waals surface area contributed by atoms with E-state index in [4.69, 9.17) is 9.47 Å². The van der Waals surface area contributed by atoms with Crippen molar-refractivity contribution in [3.05, 3.63) is 84.4 Å². The molecule has 174 valence electrons. The molecule has 0 bridgehead atoms. The molecule has 3 aromatic carbocycles. The van der Waals surface area contributed by atoms with Crippen LogP contribution < -0.4 is 19.1 Å². The van der Waals surface area contributed by atoms with Gasteiger partial charge in [-0.05, 0) is 42.7 Å². The van der Waals surface area contributed by atoms with Crippen LogP contribution >= 0.6 is 0 Å². The number of sulfonamides is 1. The number of carbonyl (C=O) groups is 1. The lowest BCUT2D eigenvalue weighted by Gasteiger charge is -2.24. The van der Waals surface area contributed by atoms with E-state index < -0.39 is 10.0 Å². The highest BCUT2D eigenvalue weighted by Crippen LogP contribution is 2.32. The van der Waals surface area contributed by atoms with Crippen molar-refractivity contribution >= 4 is 21.6 Å². The summed E-state index contributed by atoms with van der Waals surface area (Å²) in [5, 5.41) is 2.83. The maximum atomic E-state index is 13.5. The zero-order chi connectivity index (χ0) is 23.7. The van der Waals surface area contributed by atoms with Crippen molar-refractivity contribution in [2.45, 2.75) is 17.7 Å². The number of hydrogen-bond donors (Lipinski definition) is 1. The Balaban J connectivity index is 1.75. The van der Waals surface area contributed by atoms with Gasteiger partial charge in [-0.1, -0.05) is 48.5 Å². The minimum Gasteiger partial charge on any atom is -0.493 e. The topological polar surface area (TPSA) is 84.9 Å². The number of hydrogen-bond acceptors (Lipinski definition) is 5. The Morgan fingerprint density at radius 3 is 2.15 bits per heavy atom. The molecule has 7 nitrogen and oxygen atoms in total. The molecule has 3 aromatic rings. The molecule has 0 aromatic heterocycles. The largest absolute Gasteiger partial charge is 0.493 e. The first-order valence-corrected chi connectivity index (χ1v) is 12.0. The number of nitrogens with zero attached hydrogens (tertiary/aromatic N) is 1. The van der Waals surface area contributed by atoms with Crippen LogP contribution in [-0.4, -0.2) is 41.6 Å². The van der Waals surface area contributed by atoms with Crippen LogP contribution in [-0.2, 0) is 21.2 Å². The standard InChI is InChI=1S/C25H28N2O5S/c1-31-23-16-15-22(18-24(23)32-2)33(29,30)27(21-13-7-4-8-14-21)19-25(28)26-17-9-12-20-10-5-3-6-11-20/h3-8,10-11,13-16,18H,9,12,17,19H2,1-2H3,(H,26,28). The normalized spacial score (nSPS) is 11.0. The van der Waals surface area contributed by atoms with Crippen LogP contribution in [0, 0.1) is 0 Å². The second-order valence-electron chi connectivity index (χ2n) is 7.30. The smallest absolute Gasteiger partial charge is 0.264 e. The molecule has 1 N–H and O–H groups in total. The summed E-state index contributed by atoms with van der Waals surface area (Å²) in [6, 6.07) is 22.9. The molecule has 0 aliphatic heterocycles. The minimum atomic E-state index is -4.04. The molecule has 0 saturated carbocycles. The molecule has 0 atom stereocenters. The molecular formula is C25H28N2O5S. The van der Waals surface area contributed by atoms with Crippen LogP contribution in [0.25, 0.3) is 0 Å². The number of para-hydroxylation sites is 1. The third kappa shape index (κ3) is 6.26. The molecule has 0 fully saturated rings. The van der Waals surface area contributed by atoms with Crippen LogP contribution in [0.5, 0.6) is 11.5 Å². The molecule has 0 saturated heterocycles. The van der Waals surface area contributed by atoms with Crippen molar-refractivity contribution in [2.75, 3.05) is 31.6 Å². The first-order valence-electron chi connectivity index (χ1n) is 10.6. The average Bonchev–Trinajstić information content (AvgIpc) is 2.85. The number of methoxy groups -OCH3 is 2. The Hall–Kier alpha value is -3.52. The zero-order valence-electron chi connectivity index (χ0n) is 18.7. The second kappa shape index (κ2) is 11.4. The first kappa shape index (κ1) is 24.1. The lowest BCUT2D eigenvalue weighted by atomic mass is 10.1. The molecule has 0 heterocycles. The van der Waals surface area contributed by atoms with E-state index in [0.29, 0.717) is 18.0 Å². The number of benzene rings is 3. The fraction of sp³-hybridized carbons (Fsp3) is 0.240. The van der Waals surface area contributed by atoms with E-state index in [-0.39, 0.29) is 23.1 Å². The molecule has 0 aliphatic rings. The summed E-state index contributed by atoms with van der Waals surface area (Å²) in [6.45, 7) is 0.110. The maximum Gasteiger partial charge on any atom is 0.264 e. The number of carbonyl (C=O) groups excluding carboxylic acids is 1. The number of nitrogens with one attached hydrogen (secondary N) is 1. The van der Waals surface area contributed by atoms with E-state index in [1.165, 1.54) is 38.0 Å². The number of aryl methyl sites for hydroxylation is 1. The predicted molar refractivity (Wildman–Crippen MR) is 128 cm³/mol. The second-order valence-corrected chi connectivity index (χ2v) is 9.17. The van der Waals surface area contributed by atoms with Crippen LogP contribution in [0.15, 0.2) is 83.8 Å². The lowest BCUT2D eigenvalue weighted by molar-refractivity contribution is -0.119. The Kier molecular flexibility index (Phi) is 8.32. The summed E-state index contributed by atoms with van der Waals surface area (Å²) in [5.41, 5.74) is 1.58. The van der Waals surface area contributed by atoms with E-state index >= 15 is 0 Å². The van der Waals surface area contributed by atoms with Crippen LogP contribution in [0.1, 0.15) is 12.0 Å². The minimum absolute atomic E-state index is 0.000815. The fourth-order valence-electron chi connectivity index (χ4n) is 3.36. The Labute approximate surface area is 195 Å². The summed E-state index contributed by atoms with van der Waals surface area (Å²) in [4.78, 5) is 12.7. The van der Waals surface area contributed by atoms with Gasteiger partial charge in [0, 0.05) is 12.6 Å². The number of anilines is 1. The molecule has 8 heteroatoms. The van der Waals surface area contributed by atoms with E-state index in [0.717, 1.165) is 17.1 Å². The third-order valence-electron chi connectivity index (χ3n) is 5.08. The van der Waals surface area contributed by atoms with E-state index in [9.17, 15) is 13.2 Å². The lowest BCUT2D eigenvalue weighted by Crippen LogP contribution is -2.41. The van der Waals surface area contributed by atoms with Gasteiger partial charge in [0.05, 0.1) is 24.8 Å². The third-order valence-corrected chi connectivity index (χ3v) is 6.85. The summed E-state index contributed by atoms with van der Waals surface area (Å²) in [6.07, 6.45) is 1.58. The molecule has 0 aliphatic carbocycles. The van der Waals surface area contributed by atoms with Gasteiger partial charge in [0.2, 0.25) is 5.91 Å². The van der Waals surface area contributed by atoms with Gasteiger partial charge in [-0.2, -0.15) is 0 Å². The van der Waals surface area contributed by atoms with Gasteiger partial charge in [0.25, 0.3) is 10.0 Å². The molecule has 3 rings (SSSR count). The van der Waals surface area contributed by atoms with Gasteiger partial charge < -0.3 is 14.8 Å². The first-order chi connectivity index (χ1) is 16.0. The molecule has 1 amide bonds. The molecule has 0 radical (unpaired) electrons. The Morgan fingerprint density at radius 1 is 0.879 bits per heavy atom. The van der Waals surface area contributed by atoms with E-state index in [2.05, 4.69) is 5.32 Å². The summed E-state index contributed by atoms with van der Waals surface area (Å²) < 4.78 is 38.6. The van der Waals surface area contributed by atoms with Gasteiger partial charge in [-0.25, -0.2) is 8.42 Å². The maximum absolute atomic E-state index is 13.5. The summed E-state index contributed by atoms with van der Waals surface area (Å²) in [7, 11) is -1.13. The molecule has 0 unspecified atom stereocenters. The van der Waals surface area contributed by atoms with Gasteiger partial charge in [-0.3, -0.25) is 9.10 Å². The van der Waals surface area contributed by atoms with Crippen molar-refractivity contribution in [1.82, 2.24) is 5.32 Å². The van der Waals surface area contributed by atoms with Crippen molar-refractivity contribution in [3.63, 3.8) is 0 Å². The van der Waals surface area contributed by atoms with Gasteiger partial charge in [0.1, 0.15) is 6.54 Å². The van der Waals surface area contributed by atoms with Crippen LogP contribution in [0.3, 0.4) is 0 Å². The van der Waals surface area contributed by atoms with Crippen LogP contribution in [0.4, 0.5) is 5.69 Å². The quantitative estimate of drug-likeness (QED) is 0.434. The summed E-state index contributed by atoms with van der Waals surface area (Å²) >= 11 is 0. The molecular weight excluding hydrogens is 440 g/mol. The fourth-order valence-corrected chi connectivity index (χ4v) is 4.80. The van der Waals surface area contributed by atoms with E-state index in [1.807, 2.05) is 30.3 Å². The molecule has 0 spiro atoms. The highest BCUT2D eigenvalue weighted by Gasteiger charge is 2.28. The highest BCUT2D eigenvalue weighted by atomic mass is 32.2. The monoisotopic (exact) mass is 468 g/mol. The van der Waals surface area contributed by atoms with Crippen molar-refractivity contribution in [2.24, 2.45) is 0 Å². The van der Waals surface area contributed by atoms with Crippen molar-refractivity contribution < 1.29 is 22.7 Å². The summed E-state index contributed by atoms with van der Waals surface area (Å²) in [5.74, 6) is 0.326. The van der Waals surface area contributed by atoms with E-state index in [1.54, 1.807) is 30.3 Å². The zero-order valence-corrected chi connectivity index (χ0v) is 19.5. The van der Waals surface area contributed by atoms with Gasteiger partial charge in [-0.15, -0.1) is 0 Å². The van der Waals surface area contributed by atoms with Gasteiger partial charge in [0.15, 0.2) is 11.5 Å². The van der Waals surface area contributed by atoms with Crippen molar-refractivity contribution in [3.8, 4) is 11.5 Å². The SMILES string of the molecule is COc1ccc(S(=O)(=O)N(CC(=O)NCCCc2ccccc2)c2ccccc2)cc1OC. The Bertz CT molecular complexity index is 1150. The number of rotatable bonds is 11. The van der Waals surface area contributed by atoms with Crippen molar-refractivity contribution in [1.29, 1.82) is 0 Å². The average molecular weight is 469 g/mol. The van der Waals surface area contributed by atoms with Crippen LogP contribution in [0.2, 0.25) is 0 Å². The predicted octanol–water partition coefficient (Wildman–Crippen LogP) is 3.65. The Morgan fingerprint density at radius 2 is 1.52 bits per heavy atom. The molecule has 33 heavy (non-hydrogen) atoms. The number of amides is 1.